The predicted octanol–water partition coefficient (Wildman–Crippen LogP) is 2.01. The number of aliphatic imine (C=N–C) groups is 1. The van der Waals surface area contributed by atoms with E-state index in [0.29, 0.717) is 6.04 Å². The molecule has 2 heterocycles. The molecule has 0 aromatic carbocycles. The van der Waals surface area contributed by atoms with Crippen molar-refractivity contribution in [3.63, 3.8) is 0 Å². The fourth-order valence-corrected chi connectivity index (χ4v) is 2.82. The summed E-state index contributed by atoms with van der Waals surface area (Å²) in [5.74, 6) is 1.22. The lowest BCUT2D eigenvalue weighted by Gasteiger charge is -2.26. The van der Waals surface area contributed by atoms with Crippen LogP contribution in [0.5, 0.6) is 0 Å². The fraction of sp³-hybridized carbons (Fsp3) is 0.900. The van der Waals surface area contributed by atoms with Gasteiger partial charge in [0.15, 0.2) is 0 Å². The van der Waals surface area contributed by atoms with Gasteiger partial charge in [0.2, 0.25) is 0 Å². The molecule has 2 nitrogen and oxygen atoms in total. The number of thioether (sulfide) groups is 1. The monoisotopic (exact) mass is 198 g/mol. The van der Waals surface area contributed by atoms with Gasteiger partial charge in [0.25, 0.3) is 0 Å². The first kappa shape index (κ1) is 9.53. The minimum atomic E-state index is 0.618. The molecule has 0 aliphatic carbocycles. The van der Waals surface area contributed by atoms with E-state index in [1.54, 1.807) is 0 Å². The molecule has 0 N–H and O–H groups in total. The van der Waals surface area contributed by atoms with E-state index in [9.17, 15) is 0 Å². The smallest absolute Gasteiger partial charge is 0.0612 e. The van der Waals surface area contributed by atoms with Gasteiger partial charge in [-0.25, -0.2) is 0 Å². The van der Waals surface area contributed by atoms with E-state index >= 15 is 0 Å². The molecule has 1 fully saturated rings. The van der Waals surface area contributed by atoms with Gasteiger partial charge in [-0.05, 0) is 32.4 Å². The number of rotatable bonds is 3. The number of hydrogen-bond donors (Lipinski definition) is 0. The van der Waals surface area contributed by atoms with Crippen molar-refractivity contribution in [2.45, 2.75) is 31.7 Å². The molecular formula is C10H18N2S. The summed E-state index contributed by atoms with van der Waals surface area (Å²) in [7, 11) is 0. The summed E-state index contributed by atoms with van der Waals surface area (Å²) < 4.78 is 0. The van der Waals surface area contributed by atoms with Gasteiger partial charge in [-0.1, -0.05) is 6.42 Å². The Bertz CT molecular complexity index is 176. The minimum absolute atomic E-state index is 0.618. The topological polar surface area (TPSA) is 15.6 Å². The summed E-state index contributed by atoms with van der Waals surface area (Å²) in [5.41, 5.74) is 2.01. The largest absolute Gasteiger partial charge is 0.303 e. The molecule has 0 saturated carbocycles. The zero-order valence-electron chi connectivity index (χ0n) is 8.11. The third kappa shape index (κ3) is 2.99. The summed E-state index contributed by atoms with van der Waals surface area (Å²) in [6, 6.07) is 0.618. The van der Waals surface area contributed by atoms with Crippen LogP contribution in [0.15, 0.2) is 4.99 Å². The molecule has 1 saturated heterocycles. The van der Waals surface area contributed by atoms with E-state index in [0.717, 1.165) is 0 Å². The van der Waals surface area contributed by atoms with Crippen LogP contribution in [0.3, 0.4) is 0 Å². The van der Waals surface area contributed by atoms with Crippen molar-refractivity contribution in [1.29, 1.82) is 0 Å². The van der Waals surface area contributed by atoms with E-state index in [2.05, 4.69) is 9.89 Å². The van der Waals surface area contributed by atoms with Crippen LogP contribution < -0.4 is 0 Å². The van der Waals surface area contributed by atoms with Crippen molar-refractivity contribution in [2.24, 2.45) is 4.99 Å². The molecule has 2 aliphatic rings. The quantitative estimate of drug-likeness (QED) is 0.689. The molecule has 2 aliphatic heterocycles. The van der Waals surface area contributed by atoms with Crippen molar-refractivity contribution >= 4 is 17.3 Å². The molecule has 0 bridgehead atoms. The maximum absolute atomic E-state index is 4.43. The number of likely N-dealkylation sites (tertiary alicyclic amines) is 1. The second kappa shape index (κ2) is 5.01. The van der Waals surface area contributed by atoms with Gasteiger partial charge in [0.1, 0.15) is 0 Å². The molecule has 0 unspecified atom stereocenters. The standard InChI is InChI=1S/C10H18N2S/c1-2-5-12(6-3-1)7-4-10-8-13-9-11-10/h9-10H,1-8H2/t10-/m1/s1. The first-order chi connectivity index (χ1) is 6.45. The van der Waals surface area contributed by atoms with Crippen LogP contribution in [0.1, 0.15) is 25.7 Å². The van der Waals surface area contributed by atoms with Gasteiger partial charge in [-0.3, -0.25) is 4.99 Å². The highest BCUT2D eigenvalue weighted by atomic mass is 32.2. The van der Waals surface area contributed by atoms with Crippen LogP contribution in [-0.4, -0.2) is 41.9 Å². The maximum Gasteiger partial charge on any atom is 0.0612 e. The molecule has 74 valence electrons. The van der Waals surface area contributed by atoms with E-state index in [1.165, 1.54) is 51.1 Å². The molecule has 0 amide bonds. The molecule has 0 aromatic rings. The first-order valence-corrected chi connectivity index (χ1v) is 6.35. The second-order valence-electron chi connectivity index (χ2n) is 3.93. The third-order valence-electron chi connectivity index (χ3n) is 2.86. The lowest BCUT2D eigenvalue weighted by atomic mass is 10.1. The van der Waals surface area contributed by atoms with Gasteiger partial charge < -0.3 is 4.90 Å². The minimum Gasteiger partial charge on any atom is -0.303 e. The molecular weight excluding hydrogens is 180 g/mol. The van der Waals surface area contributed by atoms with Crippen molar-refractivity contribution in [3.8, 4) is 0 Å². The van der Waals surface area contributed by atoms with Crippen LogP contribution >= 0.6 is 11.8 Å². The lowest BCUT2D eigenvalue weighted by Crippen LogP contribution is -2.32. The van der Waals surface area contributed by atoms with Gasteiger partial charge in [0, 0.05) is 12.3 Å². The SMILES string of the molecule is C1=N[C@H](CCN2CCCCC2)CS1. The van der Waals surface area contributed by atoms with E-state index < -0.39 is 0 Å². The second-order valence-corrected chi connectivity index (χ2v) is 4.81. The molecule has 0 spiro atoms. The Balaban J connectivity index is 1.63. The van der Waals surface area contributed by atoms with Crippen molar-refractivity contribution in [3.05, 3.63) is 0 Å². The summed E-state index contributed by atoms with van der Waals surface area (Å²) >= 11 is 1.86. The molecule has 2 rings (SSSR count). The first-order valence-electron chi connectivity index (χ1n) is 5.31. The van der Waals surface area contributed by atoms with Crippen LogP contribution in [0.25, 0.3) is 0 Å². The highest BCUT2D eigenvalue weighted by Crippen LogP contribution is 2.16. The van der Waals surface area contributed by atoms with Crippen LogP contribution in [0.4, 0.5) is 0 Å². The molecule has 0 aromatic heterocycles. The van der Waals surface area contributed by atoms with Gasteiger partial charge in [-0.2, -0.15) is 0 Å². The zero-order valence-corrected chi connectivity index (χ0v) is 8.93. The Labute approximate surface area is 84.8 Å². The summed E-state index contributed by atoms with van der Waals surface area (Å²) in [6.07, 6.45) is 5.52. The van der Waals surface area contributed by atoms with Crippen LogP contribution in [0, 0.1) is 0 Å². The Kier molecular flexibility index (Phi) is 3.67. The summed E-state index contributed by atoms with van der Waals surface area (Å²) in [6.45, 7) is 3.91. The Morgan fingerprint density at radius 3 is 2.85 bits per heavy atom. The zero-order chi connectivity index (χ0) is 8.93. The molecule has 0 radical (unpaired) electrons. The Morgan fingerprint density at radius 2 is 2.15 bits per heavy atom. The van der Waals surface area contributed by atoms with Crippen LogP contribution in [0.2, 0.25) is 0 Å². The van der Waals surface area contributed by atoms with E-state index in [-0.39, 0.29) is 0 Å². The van der Waals surface area contributed by atoms with Crippen LogP contribution in [-0.2, 0) is 0 Å². The van der Waals surface area contributed by atoms with Crippen molar-refractivity contribution in [1.82, 2.24) is 4.90 Å². The van der Waals surface area contributed by atoms with E-state index in [4.69, 9.17) is 0 Å². The van der Waals surface area contributed by atoms with E-state index in [1.807, 2.05) is 17.3 Å². The Morgan fingerprint density at radius 1 is 1.31 bits per heavy atom. The maximum atomic E-state index is 4.43. The van der Waals surface area contributed by atoms with Gasteiger partial charge in [-0.15, -0.1) is 11.8 Å². The number of piperidine rings is 1. The summed E-state index contributed by atoms with van der Waals surface area (Å²) in [5, 5.41) is 0. The van der Waals surface area contributed by atoms with Crippen molar-refractivity contribution in [2.75, 3.05) is 25.4 Å². The molecule has 13 heavy (non-hydrogen) atoms. The predicted molar refractivity (Wildman–Crippen MR) is 59.6 cm³/mol. The average molecular weight is 198 g/mol. The average Bonchev–Trinajstić information content (AvgIpc) is 2.69. The highest BCUT2D eigenvalue weighted by molar-refractivity contribution is 8.12. The normalized spacial score (nSPS) is 29.7. The fourth-order valence-electron chi connectivity index (χ4n) is 2.00. The number of hydrogen-bond acceptors (Lipinski definition) is 3. The summed E-state index contributed by atoms with van der Waals surface area (Å²) in [4.78, 5) is 7.03. The number of nitrogens with zero attached hydrogens (tertiary/aromatic N) is 2. The lowest BCUT2D eigenvalue weighted by molar-refractivity contribution is 0.223. The van der Waals surface area contributed by atoms with Crippen molar-refractivity contribution < 1.29 is 0 Å². The van der Waals surface area contributed by atoms with Gasteiger partial charge in [0.05, 0.1) is 11.6 Å². The third-order valence-corrected chi connectivity index (χ3v) is 3.71. The molecule has 1 atom stereocenters. The van der Waals surface area contributed by atoms with Gasteiger partial charge >= 0.3 is 0 Å². The molecule has 3 heteroatoms. The highest BCUT2D eigenvalue weighted by Gasteiger charge is 2.14. The Hall–Kier alpha value is -0.0200.